The summed E-state index contributed by atoms with van der Waals surface area (Å²) in [6.07, 6.45) is 1.21. The number of benzene rings is 1. The van der Waals surface area contributed by atoms with Gasteiger partial charge in [0, 0.05) is 6.42 Å². The molecule has 1 aromatic rings. The van der Waals surface area contributed by atoms with Crippen molar-refractivity contribution in [2.45, 2.75) is 31.4 Å². The van der Waals surface area contributed by atoms with Crippen molar-refractivity contribution in [2.75, 3.05) is 19.5 Å². The average molecular weight is 312 g/mol. The Morgan fingerprint density at radius 1 is 1.43 bits per heavy atom. The number of hydrogen-bond acceptors (Lipinski definition) is 5. The van der Waals surface area contributed by atoms with Gasteiger partial charge in [-0.2, -0.15) is 0 Å². The molecule has 1 heterocycles. The van der Waals surface area contributed by atoms with Gasteiger partial charge in [0.25, 0.3) is 0 Å². The summed E-state index contributed by atoms with van der Waals surface area (Å²) in [6.45, 7) is 2.23. The molecule has 0 N–H and O–H groups in total. The first-order valence-corrected chi connectivity index (χ1v) is 8.67. The molecule has 1 aromatic carbocycles. The zero-order valence-electron chi connectivity index (χ0n) is 12.3. The number of carbonyl (C=O) groups is 1. The number of methoxy groups -OCH3 is 1. The van der Waals surface area contributed by atoms with Crippen molar-refractivity contribution in [3.63, 3.8) is 0 Å². The molecular formula is C15H20O5S. The SMILES string of the molecule is COC(=O)CC(C)S(=O)(=O)CCc1ccc2c(c1)CCO2. The van der Waals surface area contributed by atoms with Crippen LogP contribution in [0.25, 0.3) is 0 Å². The largest absolute Gasteiger partial charge is 0.493 e. The molecule has 0 aromatic heterocycles. The molecule has 0 spiro atoms. The second kappa shape index (κ2) is 6.47. The molecule has 1 atom stereocenters. The Balaban J connectivity index is 1.96. The molecule has 5 nitrogen and oxygen atoms in total. The third-order valence-electron chi connectivity index (χ3n) is 3.72. The highest BCUT2D eigenvalue weighted by atomic mass is 32.2. The van der Waals surface area contributed by atoms with Gasteiger partial charge in [-0.3, -0.25) is 4.79 Å². The lowest BCUT2D eigenvalue weighted by atomic mass is 10.1. The zero-order chi connectivity index (χ0) is 15.5. The predicted molar refractivity (Wildman–Crippen MR) is 79.2 cm³/mol. The van der Waals surface area contributed by atoms with Crippen LogP contribution in [0.4, 0.5) is 0 Å². The maximum atomic E-state index is 12.2. The van der Waals surface area contributed by atoms with Crippen molar-refractivity contribution in [3.8, 4) is 5.75 Å². The molecule has 1 aliphatic heterocycles. The van der Waals surface area contributed by atoms with Crippen LogP contribution in [0.2, 0.25) is 0 Å². The van der Waals surface area contributed by atoms with Crippen LogP contribution >= 0.6 is 0 Å². The van der Waals surface area contributed by atoms with Crippen molar-refractivity contribution in [3.05, 3.63) is 29.3 Å². The van der Waals surface area contributed by atoms with E-state index in [9.17, 15) is 13.2 Å². The van der Waals surface area contributed by atoms with E-state index in [1.165, 1.54) is 7.11 Å². The maximum Gasteiger partial charge on any atom is 0.306 e. The van der Waals surface area contributed by atoms with Crippen molar-refractivity contribution in [2.24, 2.45) is 0 Å². The molecule has 0 radical (unpaired) electrons. The van der Waals surface area contributed by atoms with Gasteiger partial charge in [-0.15, -0.1) is 0 Å². The average Bonchev–Trinajstić information content (AvgIpc) is 2.92. The van der Waals surface area contributed by atoms with Gasteiger partial charge in [0.1, 0.15) is 5.75 Å². The quantitative estimate of drug-likeness (QED) is 0.745. The highest BCUT2D eigenvalue weighted by Gasteiger charge is 2.24. The molecule has 0 bridgehead atoms. The van der Waals surface area contributed by atoms with E-state index in [2.05, 4.69) is 4.74 Å². The molecular weight excluding hydrogens is 292 g/mol. The van der Waals surface area contributed by atoms with E-state index in [4.69, 9.17) is 4.74 Å². The van der Waals surface area contributed by atoms with Gasteiger partial charge in [0.05, 0.1) is 31.1 Å². The van der Waals surface area contributed by atoms with Crippen molar-refractivity contribution < 1.29 is 22.7 Å². The summed E-state index contributed by atoms with van der Waals surface area (Å²) in [5.41, 5.74) is 2.11. The third kappa shape index (κ3) is 3.97. The normalized spacial score (nSPS) is 15.1. The molecule has 21 heavy (non-hydrogen) atoms. The smallest absolute Gasteiger partial charge is 0.306 e. The number of rotatable bonds is 6. The van der Waals surface area contributed by atoms with Crippen LogP contribution < -0.4 is 4.74 Å². The number of carbonyl (C=O) groups excluding carboxylic acids is 1. The number of aryl methyl sites for hydroxylation is 1. The highest BCUT2D eigenvalue weighted by Crippen LogP contribution is 2.26. The maximum absolute atomic E-state index is 12.2. The molecule has 0 saturated carbocycles. The summed E-state index contributed by atoms with van der Waals surface area (Å²) in [7, 11) is -2.05. The van der Waals surface area contributed by atoms with E-state index in [0.717, 1.165) is 23.3 Å². The van der Waals surface area contributed by atoms with Crippen molar-refractivity contribution in [1.29, 1.82) is 0 Å². The summed E-state index contributed by atoms with van der Waals surface area (Å²) in [4.78, 5) is 11.2. The fourth-order valence-electron chi connectivity index (χ4n) is 2.30. The number of sulfone groups is 1. The Morgan fingerprint density at radius 3 is 2.90 bits per heavy atom. The van der Waals surface area contributed by atoms with Gasteiger partial charge in [-0.05, 0) is 30.5 Å². The lowest BCUT2D eigenvalue weighted by molar-refractivity contribution is -0.140. The Bertz CT molecular complexity index is 621. The van der Waals surface area contributed by atoms with Gasteiger partial charge < -0.3 is 9.47 Å². The second-order valence-electron chi connectivity index (χ2n) is 5.25. The fraction of sp³-hybridized carbons (Fsp3) is 0.533. The highest BCUT2D eigenvalue weighted by molar-refractivity contribution is 7.92. The third-order valence-corrected chi connectivity index (χ3v) is 5.89. The minimum Gasteiger partial charge on any atom is -0.493 e. The van der Waals surface area contributed by atoms with Gasteiger partial charge in [-0.1, -0.05) is 12.1 Å². The minimum atomic E-state index is -3.31. The summed E-state index contributed by atoms with van der Waals surface area (Å²) < 4.78 is 34.2. The Kier molecular flexibility index (Phi) is 4.88. The Morgan fingerprint density at radius 2 is 2.19 bits per heavy atom. The molecule has 0 fully saturated rings. The van der Waals surface area contributed by atoms with E-state index in [-0.39, 0.29) is 12.2 Å². The predicted octanol–water partition coefficient (Wildman–Crippen LogP) is 1.53. The number of esters is 1. The van der Waals surface area contributed by atoms with Crippen LogP contribution in [-0.4, -0.2) is 39.1 Å². The number of fused-ring (bicyclic) bond motifs is 1. The first-order valence-electron chi connectivity index (χ1n) is 6.95. The van der Waals surface area contributed by atoms with Gasteiger partial charge in [0.15, 0.2) is 9.84 Å². The molecule has 1 unspecified atom stereocenters. The summed E-state index contributed by atoms with van der Waals surface area (Å²) >= 11 is 0. The zero-order valence-corrected chi connectivity index (χ0v) is 13.1. The van der Waals surface area contributed by atoms with Crippen LogP contribution in [0.15, 0.2) is 18.2 Å². The first-order chi connectivity index (χ1) is 9.92. The number of ether oxygens (including phenoxy) is 2. The van der Waals surface area contributed by atoms with E-state index in [1.54, 1.807) is 6.92 Å². The van der Waals surface area contributed by atoms with E-state index < -0.39 is 21.1 Å². The van der Waals surface area contributed by atoms with Gasteiger partial charge in [0.2, 0.25) is 0 Å². The molecule has 0 saturated heterocycles. The first kappa shape index (κ1) is 15.8. The summed E-state index contributed by atoms with van der Waals surface area (Å²) in [6, 6.07) is 5.79. The van der Waals surface area contributed by atoms with Crippen LogP contribution in [0.3, 0.4) is 0 Å². The van der Waals surface area contributed by atoms with Crippen molar-refractivity contribution >= 4 is 15.8 Å². The monoisotopic (exact) mass is 312 g/mol. The molecule has 116 valence electrons. The molecule has 1 aliphatic rings. The molecule has 0 amide bonds. The van der Waals surface area contributed by atoms with Crippen molar-refractivity contribution in [1.82, 2.24) is 0 Å². The van der Waals surface area contributed by atoms with Crippen LogP contribution in [-0.2, 0) is 32.2 Å². The fourth-order valence-corrected chi connectivity index (χ4v) is 3.61. The van der Waals surface area contributed by atoms with E-state index in [0.29, 0.717) is 13.0 Å². The van der Waals surface area contributed by atoms with Gasteiger partial charge in [-0.25, -0.2) is 8.42 Å². The second-order valence-corrected chi connectivity index (χ2v) is 7.79. The summed E-state index contributed by atoms with van der Waals surface area (Å²) in [5.74, 6) is 0.423. The lowest BCUT2D eigenvalue weighted by Gasteiger charge is -2.12. The van der Waals surface area contributed by atoms with Gasteiger partial charge >= 0.3 is 5.97 Å². The topological polar surface area (TPSA) is 69.7 Å². The molecule has 6 heteroatoms. The standard InChI is InChI=1S/C15H20O5S/c1-11(9-15(16)19-2)21(17,18)8-6-12-3-4-14-13(10-12)5-7-20-14/h3-4,10-11H,5-9H2,1-2H3. The lowest BCUT2D eigenvalue weighted by Crippen LogP contribution is -2.25. The molecule has 0 aliphatic carbocycles. The molecule has 2 rings (SSSR count). The van der Waals surface area contributed by atoms with E-state index in [1.807, 2.05) is 18.2 Å². The van der Waals surface area contributed by atoms with Crippen LogP contribution in [0.5, 0.6) is 5.75 Å². The Labute approximate surface area is 125 Å². The number of hydrogen-bond donors (Lipinski definition) is 0. The van der Waals surface area contributed by atoms with Crippen LogP contribution in [0.1, 0.15) is 24.5 Å². The summed E-state index contributed by atoms with van der Waals surface area (Å²) in [5, 5.41) is -0.720. The van der Waals surface area contributed by atoms with E-state index >= 15 is 0 Å². The minimum absolute atomic E-state index is 0.0325. The Hall–Kier alpha value is -1.56. The van der Waals surface area contributed by atoms with Crippen LogP contribution in [0, 0.1) is 0 Å².